The number of carbonyl (C=O) groups is 2. The van der Waals surface area contributed by atoms with Crippen LogP contribution in [0.2, 0.25) is 0 Å². The SMILES string of the molecule is Cc1c(OCC(N)=O)ccc2c1O/C(=C\C=C\c1ccccc1)C2=O. The van der Waals surface area contributed by atoms with Crippen LogP contribution in [0.4, 0.5) is 0 Å². The van der Waals surface area contributed by atoms with Crippen LogP contribution in [0, 0.1) is 6.92 Å². The molecule has 5 heteroatoms. The van der Waals surface area contributed by atoms with Crippen molar-refractivity contribution in [1.82, 2.24) is 0 Å². The maximum Gasteiger partial charge on any atom is 0.255 e. The maximum atomic E-state index is 12.4. The van der Waals surface area contributed by atoms with Crippen LogP contribution in [0.5, 0.6) is 11.5 Å². The highest BCUT2D eigenvalue weighted by atomic mass is 16.5. The average molecular weight is 335 g/mol. The zero-order valence-corrected chi connectivity index (χ0v) is 13.7. The Kier molecular flexibility index (Phi) is 4.66. The van der Waals surface area contributed by atoms with Gasteiger partial charge < -0.3 is 15.2 Å². The fraction of sp³-hybridized carbons (Fsp3) is 0.100. The molecule has 0 spiro atoms. The predicted molar refractivity (Wildman–Crippen MR) is 94.4 cm³/mol. The lowest BCUT2D eigenvalue weighted by molar-refractivity contribution is -0.119. The summed E-state index contributed by atoms with van der Waals surface area (Å²) in [5.74, 6) is 0.413. The molecule has 2 aromatic rings. The number of amides is 1. The van der Waals surface area contributed by atoms with Gasteiger partial charge in [0.1, 0.15) is 11.5 Å². The highest BCUT2D eigenvalue weighted by Crippen LogP contribution is 2.38. The number of benzene rings is 2. The molecule has 3 rings (SSSR count). The van der Waals surface area contributed by atoms with Crippen molar-refractivity contribution in [2.75, 3.05) is 6.61 Å². The van der Waals surface area contributed by atoms with Crippen molar-refractivity contribution in [3.8, 4) is 11.5 Å². The summed E-state index contributed by atoms with van der Waals surface area (Å²) < 4.78 is 11.0. The van der Waals surface area contributed by atoms with Gasteiger partial charge in [-0.15, -0.1) is 0 Å². The number of hydrogen-bond acceptors (Lipinski definition) is 4. The molecule has 0 atom stereocenters. The van der Waals surface area contributed by atoms with E-state index in [9.17, 15) is 9.59 Å². The molecule has 0 aliphatic carbocycles. The number of primary amides is 1. The van der Waals surface area contributed by atoms with Crippen molar-refractivity contribution >= 4 is 17.8 Å². The Balaban J connectivity index is 1.80. The van der Waals surface area contributed by atoms with Gasteiger partial charge in [0, 0.05) is 5.56 Å². The lowest BCUT2D eigenvalue weighted by Crippen LogP contribution is -2.20. The van der Waals surface area contributed by atoms with Crippen LogP contribution in [0.15, 0.2) is 60.4 Å². The molecule has 5 nitrogen and oxygen atoms in total. The second-order valence-corrected chi connectivity index (χ2v) is 5.55. The lowest BCUT2D eigenvalue weighted by atomic mass is 10.1. The van der Waals surface area contributed by atoms with E-state index in [2.05, 4.69) is 0 Å². The molecule has 1 amide bonds. The van der Waals surface area contributed by atoms with Crippen molar-refractivity contribution < 1.29 is 19.1 Å². The molecule has 2 aromatic carbocycles. The Morgan fingerprint density at radius 2 is 1.96 bits per heavy atom. The molecule has 0 bridgehead atoms. The van der Waals surface area contributed by atoms with E-state index in [1.807, 2.05) is 36.4 Å². The molecule has 2 N–H and O–H groups in total. The number of ketones is 1. The van der Waals surface area contributed by atoms with Crippen molar-refractivity contribution in [3.05, 3.63) is 77.1 Å². The Hall–Kier alpha value is -3.34. The van der Waals surface area contributed by atoms with E-state index in [0.717, 1.165) is 5.56 Å². The molecule has 0 fully saturated rings. The van der Waals surface area contributed by atoms with Gasteiger partial charge in [0.05, 0.1) is 5.56 Å². The Bertz CT molecular complexity index is 882. The van der Waals surface area contributed by atoms with E-state index < -0.39 is 5.91 Å². The number of Topliss-reactive ketones (excluding diaryl/α,β-unsaturated/α-hetero) is 1. The molecule has 25 heavy (non-hydrogen) atoms. The first-order chi connectivity index (χ1) is 12.1. The molecule has 0 radical (unpaired) electrons. The van der Waals surface area contributed by atoms with Crippen molar-refractivity contribution in [2.24, 2.45) is 5.73 Å². The third kappa shape index (κ3) is 3.61. The second kappa shape index (κ2) is 7.05. The Morgan fingerprint density at radius 3 is 2.68 bits per heavy atom. The van der Waals surface area contributed by atoms with Crippen molar-refractivity contribution in [2.45, 2.75) is 6.92 Å². The molecule has 1 aliphatic heterocycles. The van der Waals surface area contributed by atoms with Gasteiger partial charge in [0.15, 0.2) is 12.4 Å². The summed E-state index contributed by atoms with van der Waals surface area (Å²) >= 11 is 0. The number of hydrogen-bond donors (Lipinski definition) is 1. The standard InChI is InChI=1S/C20H17NO4/c1-13-16(24-12-18(21)22)11-10-15-19(23)17(25-20(13)15)9-5-8-14-6-3-2-4-7-14/h2-11H,12H2,1H3,(H2,21,22)/b8-5+,17-9-. The highest BCUT2D eigenvalue weighted by molar-refractivity contribution is 6.12. The summed E-state index contributed by atoms with van der Waals surface area (Å²) in [6.45, 7) is 1.54. The van der Waals surface area contributed by atoms with Crippen molar-refractivity contribution in [3.63, 3.8) is 0 Å². The molecule has 126 valence electrons. The number of rotatable bonds is 5. The molecule has 0 unspecified atom stereocenters. The molecular weight excluding hydrogens is 318 g/mol. The zero-order chi connectivity index (χ0) is 17.8. The third-order valence-corrected chi connectivity index (χ3v) is 3.74. The highest BCUT2D eigenvalue weighted by Gasteiger charge is 2.29. The summed E-state index contributed by atoms with van der Waals surface area (Å²) in [5.41, 5.74) is 7.24. The second-order valence-electron chi connectivity index (χ2n) is 5.55. The maximum absolute atomic E-state index is 12.4. The monoisotopic (exact) mass is 335 g/mol. The van der Waals surface area contributed by atoms with Gasteiger partial charge >= 0.3 is 0 Å². The predicted octanol–water partition coefficient (Wildman–Crippen LogP) is 3.03. The van der Waals surface area contributed by atoms with Crippen LogP contribution < -0.4 is 15.2 Å². The summed E-state index contributed by atoms with van der Waals surface area (Å²) in [7, 11) is 0. The summed E-state index contributed by atoms with van der Waals surface area (Å²) in [6.07, 6.45) is 5.30. The van der Waals surface area contributed by atoms with E-state index in [1.165, 1.54) is 0 Å². The molecule has 1 aliphatic rings. The number of ether oxygens (including phenoxy) is 2. The summed E-state index contributed by atoms with van der Waals surface area (Å²) in [6, 6.07) is 13.0. The van der Waals surface area contributed by atoms with E-state index in [0.29, 0.717) is 22.6 Å². The van der Waals surface area contributed by atoms with Crippen LogP contribution in [0.3, 0.4) is 0 Å². The topological polar surface area (TPSA) is 78.6 Å². The van der Waals surface area contributed by atoms with E-state index in [-0.39, 0.29) is 18.1 Å². The fourth-order valence-electron chi connectivity index (χ4n) is 2.50. The molecule has 0 aromatic heterocycles. The van der Waals surface area contributed by atoms with Gasteiger partial charge in [-0.25, -0.2) is 0 Å². The lowest BCUT2D eigenvalue weighted by Gasteiger charge is -2.09. The minimum absolute atomic E-state index is 0.183. The smallest absolute Gasteiger partial charge is 0.255 e. The molecule has 0 saturated heterocycles. The minimum Gasteiger partial charge on any atom is -0.483 e. The van der Waals surface area contributed by atoms with Gasteiger partial charge in [-0.1, -0.05) is 42.5 Å². The molecular formula is C20H17NO4. The minimum atomic E-state index is -0.566. The fourth-order valence-corrected chi connectivity index (χ4v) is 2.50. The van der Waals surface area contributed by atoms with Crippen LogP contribution in [-0.2, 0) is 4.79 Å². The number of fused-ring (bicyclic) bond motifs is 1. The van der Waals surface area contributed by atoms with Crippen LogP contribution in [0.1, 0.15) is 21.5 Å². The quantitative estimate of drug-likeness (QED) is 0.852. The van der Waals surface area contributed by atoms with E-state index in [1.54, 1.807) is 31.2 Å². The van der Waals surface area contributed by atoms with Crippen LogP contribution in [-0.4, -0.2) is 18.3 Å². The first kappa shape index (κ1) is 16.5. The van der Waals surface area contributed by atoms with Gasteiger partial charge in [-0.05, 0) is 30.7 Å². The first-order valence-corrected chi connectivity index (χ1v) is 7.77. The van der Waals surface area contributed by atoms with Crippen LogP contribution in [0.25, 0.3) is 6.08 Å². The Morgan fingerprint density at radius 1 is 1.20 bits per heavy atom. The van der Waals surface area contributed by atoms with Crippen LogP contribution >= 0.6 is 0 Å². The molecule has 0 saturated carbocycles. The summed E-state index contributed by atoms with van der Waals surface area (Å²) in [4.78, 5) is 23.3. The zero-order valence-electron chi connectivity index (χ0n) is 13.7. The average Bonchev–Trinajstić information content (AvgIpc) is 2.92. The third-order valence-electron chi connectivity index (χ3n) is 3.74. The normalized spacial score (nSPS) is 14.6. The van der Waals surface area contributed by atoms with Gasteiger partial charge in [0.2, 0.25) is 5.78 Å². The van der Waals surface area contributed by atoms with Crippen molar-refractivity contribution in [1.29, 1.82) is 0 Å². The Labute approximate surface area is 145 Å². The van der Waals surface area contributed by atoms with Gasteiger partial charge in [-0.3, -0.25) is 9.59 Å². The van der Waals surface area contributed by atoms with Gasteiger partial charge in [-0.2, -0.15) is 0 Å². The first-order valence-electron chi connectivity index (χ1n) is 7.77. The largest absolute Gasteiger partial charge is 0.483 e. The van der Waals surface area contributed by atoms with E-state index >= 15 is 0 Å². The number of carbonyl (C=O) groups excluding carboxylic acids is 2. The molecule has 1 heterocycles. The summed E-state index contributed by atoms with van der Waals surface area (Å²) in [5, 5.41) is 0. The number of nitrogens with two attached hydrogens (primary N) is 1. The van der Waals surface area contributed by atoms with E-state index in [4.69, 9.17) is 15.2 Å². The number of allylic oxidation sites excluding steroid dienone is 3. The van der Waals surface area contributed by atoms with Gasteiger partial charge in [0.25, 0.3) is 5.91 Å².